The highest BCUT2D eigenvalue weighted by Crippen LogP contribution is 2.16. The number of pyridine rings is 1. The van der Waals surface area contributed by atoms with Crippen LogP contribution in [0.3, 0.4) is 0 Å². The number of hydrogen-bond acceptors (Lipinski definition) is 3. The van der Waals surface area contributed by atoms with E-state index in [9.17, 15) is 0 Å². The molecule has 0 radical (unpaired) electrons. The van der Waals surface area contributed by atoms with Crippen molar-refractivity contribution in [1.82, 2.24) is 10.3 Å². The van der Waals surface area contributed by atoms with Crippen LogP contribution >= 0.6 is 24.8 Å². The Kier molecular flexibility index (Phi) is 13.6. The van der Waals surface area contributed by atoms with E-state index in [0.717, 1.165) is 25.3 Å². The zero-order valence-corrected chi connectivity index (χ0v) is 15.9. The van der Waals surface area contributed by atoms with Crippen molar-refractivity contribution < 1.29 is 4.74 Å². The first-order valence-corrected chi connectivity index (χ1v) is 8.68. The Hall–Kier alpha value is -0.510. The van der Waals surface area contributed by atoms with Crippen molar-refractivity contribution in [2.24, 2.45) is 0 Å². The van der Waals surface area contributed by atoms with E-state index in [-0.39, 0.29) is 24.8 Å². The van der Waals surface area contributed by atoms with E-state index in [4.69, 9.17) is 4.74 Å². The van der Waals surface area contributed by atoms with E-state index < -0.39 is 0 Å². The Morgan fingerprint density at radius 2 is 1.91 bits per heavy atom. The molecule has 1 aliphatic rings. The van der Waals surface area contributed by atoms with E-state index in [0.29, 0.717) is 6.04 Å². The van der Waals surface area contributed by atoms with Gasteiger partial charge < -0.3 is 10.1 Å². The van der Waals surface area contributed by atoms with Gasteiger partial charge in [-0.25, -0.2) is 0 Å². The predicted molar refractivity (Wildman–Crippen MR) is 102 cm³/mol. The molecule has 0 aromatic carbocycles. The molecule has 134 valence electrons. The number of unbranched alkanes of at least 4 members (excludes halogenated alkanes) is 5. The van der Waals surface area contributed by atoms with Gasteiger partial charge >= 0.3 is 0 Å². The van der Waals surface area contributed by atoms with Gasteiger partial charge in [-0.05, 0) is 43.9 Å². The van der Waals surface area contributed by atoms with Crippen LogP contribution < -0.4 is 10.1 Å². The van der Waals surface area contributed by atoms with Gasteiger partial charge in [0.15, 0.2) is 0 Å². The second-order valence-corrected chi connectivity index (χ2v) is 6.15. The fourth-order valence-electron chi connectivity index (χ4n) is 2.88. The van der Waals surface area contributed by atoms with Crippen molar-refractivity contribution >= 4 is 24.8 Å². The first kappa shape index (κ1) is 22.5. The lowest BCUT2D eigenvalue weighted by molar-refractivity contribution is 0.276. The van der Waals surface area contributed by atoms with Gasteiger partial charge in [0.05, 0.1) is 6.20 Å². The third-order valence-corrected chi connectivity index (χ3v) is 4.20. The van der Waals surface area contributed by atoms with Crippen molar-refractivity contribution in [2.45, 2.75) is 70.8 Å². The molecule has 3 nitrogen and oxygen atoms in total. The summed E-state index contributed by atoms with van der Waals surface area (Å²) < 4.78 is 5.86. The van der Waals surface area contributed by atoms with Crippen LogP contribution in [0.5, 0.6) is 5.75 Å². The molecule has 5 heteroatoms. The van der Waals surface area contributed by atoms with Gasteiger partial charge in [-0.1, -0.05) is 39.0 Å². The number of hydrogen-bond donors (Lipinski definition) is 1. The number of aryl methyl sites for hydroxylation is 1. The highest BCUT2D eigenvalue weighted by Gasteiger charge is 2.14. The van der Waals surface area contributed by atoms with Crippen LogP contribution in [0.2, 0.25) is 0 Å². The Bertz CT molecular complexity index is 398. The standard InChI is InChI=1S/C18H30N2O.2ClH/c1-2-3-4-5-6-7-9-16-12-18(14-19-13-16)21-15-17-10-8-11-20-17;;/h12-14,17,20H,2-11,15H2,1H3;2*1H/t17-;;/m0../s1. The largest absolute Gasteiger partial charge is 0.490 e. The summed E-state index contributed by atoms with van der Waals surface area (Å²) in [5.41, 5.74) is 1.31. The van der Waals surface area contributed by atoms with Gasteiger partial charge in [-0.15, -0.1) is 24.8 Å². The highest BCUT2D eigenvalue weighted by molar-refractivity contribution is 5.85. The summed E-state index contributed by atoms with van der Waals surface area (Å²) in [5, 5.41) is 3.45. The molecular formula is C18H32Cl2N2O. The lowest BCUT2D eigenvalue weighted by Gasteiger charge is -2.12. The molecule has 0 bridgehead atoms. The normalized spacial score (nSPS) is 16.5. The molecule has 1 saturated heterocycles. The van der Waals surface area contributed by atoms with E-state index in [1.165, 1.54) is 56.9 Å². The fourth-order valence-corrected chi connectivity index (χ4v) is 2.88. The molecule has 0 unspecified atom stereocenters. The van der Waals surface area contributed by atoms with E-state index in [1.807, 2.05) is 12.4 Å². The molecule has 1 aliphatic heterocycles. The number of aromatic nitrogens is 1. The maximum absolute atomic E-state index is 5.86. The summed E-state index contributed by atoms with van der Waals surface area (Å²) in [5.74, 6) is 0.923. The molecule has 1 aromatic rings. The Balaban J connectivity index is 0.00000242. The number of rotatable bonds is 10. The quantitative estimate of drug-likeness (QED) is 0.597. The summed E-state index contributed by atoms with van der Waals surface area (Å²) in [4.78, 5) is 4.31. The summed E-state index contributed by atoms with van der Waals surface area (Å²) in [7, 11) is 0. The highest BCUT2D eigenvalue weighted by atomic mass is 35.5. The van der Waals surface area contributed by atoms with E-state index in [2.05, 4.69) is 23.3 Å². The van der Waals surface area contributed by atoms with Crippen LogP contribution in [0.4, 0.5) is 0 Å². The van der Waals surface area contributed by atoms with Crippen molar-refractivity contribution in [3.63, 3.8) is 0 Å². The maximum atomic E-state index is 5.86. The van der Waals surface area contributed by atoms with Crippen LogP contribution in [-0.4, -0.2) is 24.2 Å². The topological polar surface area (TPSA) is 34.1 Å². The zero-order valence-electron chi connectivity index (χ0n) is 14.3. The van der Waals surface area contributed by atoms with Gasteiger partial charge in [0.25, 0.3) is 0 Å². The molecule has 0 aliphatic carbocycles. The average Bonchev–Trinajstić information content (AvgIpc) is 3.03. The van der Waals surface area contributed by atoms with Gasteiger partial charge in [0.1, 0.15) is 12.4 Å². The van der Waals surface area contributed by atoms with Crippen molar-refractivity contribution in [1.29, 1.82) is 0 Å². The monoisotopic (exact) mass is 362 g/mol. The minimum atomic E-state index is 0. The van der Waals surface area contributed by atoms with Gasteiger partial charge in [0.2, 0.25) is 0 Å². The van der Waals surface area contributed by atoms with Gasteiger partial charge in [-0.3, -0.25) is 4.98 Å². The number of halogens is 2. The average molecular weight is 363 g/mol. The van der Waals surface area contributed by atoms with Crippen molar-refractivity contribution in [3.05, 3.63) is 24.0 Å². The second kappa shape index (κ2) is 13.9. The lowest BCUT2D eigenvalue weighted by Crippen LogP contribution is -2.28. The van der Waals surface area contributed by atoms with Crippen molar-refractivity contribution in [3.8, 4) is 5.75 Å². The number of nitrogens with one attached hydrogen (secondary N) is 1. The molecular weight excluding hydrogens is 331 g/mol. The number of nitrogens with zero attached hydrogens (tertiary/aromatic N) is 1. The van der Waals surface area contributed by atoms with Crippen LogP contribution in [0.1, 0.15) is 63.9 Å². The molecule has 2 heterocycles. The molecule has 1 atom stereocenters. The Morgan fingerprint density at radius 3 is 2.65 bits per heavy atom. The van der Waals surface area contributed by atoms with Crippen LogP contribution in [0, 0.1) is 0 Å². The molecule has 1 aromatic heterocycles. The lowest BCUT2D eigenvalue weighted by atomic mass is 10.1. The first-order valence-electron chi connectivity index (χ1n) is 8.68. The van der Waals surface area contributed by atoms with Crippen LogP contribution in [-0.2, 0) is 6.42 Å². The third-order valence-electron chi connectivity index (χ3n) is 4.20. The summed E-state index contributed by atoms with van der Waals surface area (Å²) >= 11 is 0. The maximum Gasteiger partial charge on any atom is 0.137 e. The third kappa shape index (κ3) is 9.39. The molecule has 0 spiro atoms. The Labute approximate surface area is 153 Å². The molecule has 1 N–H and O–H groups in total. The second-order valence-electron chi connectivity index (χ2n) is 6.15. The van der Waals surface area contributed by atoms with E-state index >= 15 is 0 Å². The molecule has 1 fully saturated rings. The van der Waals surface area contributed by atoms with Gasteiger partial charge in [-0.2, -0.15) is 0 Å². The fraction of sp³-hybridized carbons (Fsp3) is 0.722. The SMILES string of the molecule is CCCCCCCCc1cncc(OC[C@@H]2CCCN2)c1.Cl.Cl. The molecule has 0 amide bonds. The predicted octanol–water partition coefficient (Wildman–Crippen LogP) is 4.96. The molecule has 2 rings (SSSR count). The minimum absolute atomic E-state index is 0. The smallest absolute Gasteiger partial charge is 0.137 e. The van der Waals surface area contributed by atoms with Crippen molar-refractivity contribution in [2.75, 3.05) is 13.2 Å². The zero-order chi connectivity index (χ0) is 14.8. The van der Waals surface area contributed by atoms with Crippen LogP contribution in [0.15, 0.2) is 18.5 Å². The summed E-state index contributed by atoms with van der Waals surface area (Å²) in [6.07, 6.45) is 15.5. The minimum Gasteiger partial charge on any atom is -0.490 e. The van der Waals surface area contributed by atoms with Gasteiger partial charge in [0, 0.05) is 12.2 Å². The molecule has 23 heavy (non-hydrogen) atoms. The van der Waals surface area contributed by atoms with E-state index in [1.54, 1.807) is 0 Å². The molecule has 0 saturated carbocycles. The van der Waals surface area contributed by atoms with Crippen LogP contribution in [0.25, 0.3) is 0 Å². The first-order chi connectivity index (χ1) is 10.4. The Morgan fingerprint density at radius 1 is 1.13 bits per heavy atom. The number of ether oxygens (including phenoxy) is 1. The summed E-state index contributed by atoms with van der Waals surface area (Å²) in [6, 6.07) is 2.68. The summed E-state index contributed by atoms with van der Waals surface area (Å²) in [6.45, 7) is 4.16.